The lowest BCUT2D eigenvalue weighted by Gasteiger charge is -2.43. The molecule has 0 aliphatic rings. The highest BCUT2D eigenvalue weighted by atomic mass is 32.3. The number of hydrogen-bond donors (Lipinski definition) is 5. The number of rotatable bonds is 39. The lowest BCUT2D eigenvalue weighted by Crippen LogP contribution is -2.63. The monoisotopic (exact) mass is 860 g/mol. The zero-order valence-corrected chi connectivity index (χ0v) is 38.5. The van der Waals surface area contributed by atoms with Crippen molar-refractivity contribution in [2.45, 2.75) is 219 Å². The van der Waals surface area contributed by atoms with Crippen molar-refractivity contribution in [2.24, 2.45) is 16.6 Å². The number of unbranched alkanes of at least 4 members (excludes halogenated alkanes) is 22. The third kappa shape index (κ3) is 27.2. The molecule has 0 aromatic rings. The van der Waals surface area contributed by atoms with Gasteiger partial charge in [0.1, 0.15) is 16.8 Å². The second-order valence-electron chi connectivity index (χ2n) is 16.6. The second-order valence-corrected chi connectivity index (χ2v) is 17.8. The summed E-state index contributed by atoms with van der Waals surface area (Å²) in [6.07, 6.45) is 36.6. The van der Waals surface area contributed by atoms with Gasteiger partial charge in [0.05, 0.1) is 7.11 Å². The molecule has 3 atom stereocenters. The number of allylic oxidation sites excluding steroid dienone is 4. The van der Waals surface area contributed by atoms with Crippen LogP contribution in [0.5, 0.6) is 0 Å². The van der Waals surface area contributed by atoms with Crippen LogP contribution in [0.15, 0.2) is 24.3 Å². The van der Waals surface area contributed by atoms with Crippen LogP contribution in [-0.4, -0.2) is 71.1 Å². The van der Waals surface area contributed by atoms with E-state index in [1.165, 1.54) is 84.0 Å². The van der Waals surface area contributed by atoms with Gasteiger partial charge in [-0.2, -0.15) is 8.42 Å². The fourth-order valence-corrected chi connectivity index (χ4v) is 7.15. The van der Waals surface area contributed by atoms with Crippen molar-refractivity contribution < 1.29 is 51.7 Å². The summed E-state index contributed by atoms with van der Waals surface area (Å²) in [7, 11) is -3.29. The quantitative estimate of drug-likeness (QED) is 0.0169. The number of hydrogen-bond acceptors (Lipinski definition) is 9. The predicted octanol–water partition coefficient (Wildman–Crippen LogP) is 10.9. The SMILES string of the molecule is CCCCCCCCC=CCCCCCCCC(=O)C(C)(CC(O)(CN)C(C)(C(=O)O)C(=O)CCCCCCCC=CCCCCCCCC)C(=O)O.COS(=O)(=O)O. The van der Waals surface area contributed by atoms with E-state index in [1.54, 1.807) is 0 Å². The first-order chi connectivity index (χ1) is 27.9. The highest BCUT2D eigenvalue weighted by Gasteiger charge is 2.61. The average molecular weight is 860 g/mol. The van der Waals surface area contributed by atoms with Gasteiger partial charge in [0.2, 0.25) is 0 Å². The van der Waals surface area contributed by atoms with Gasteiger partial charge in [0.15, 0.2) is 11.2 Å². The van der Waals surface area contributed by atoms with Crippen LogP contribution in [0.25, 0.3) is 0 Å². The minimum atomic E-state index is -4.16. The molecule has 0 bridgehead atoms. The van der Waals surface area contributed by atoms with Crippen LogP contribution in [0.3, 0.4) is 0 Å². The molecule has 12 nitrogen and oxygen atoms in total. The van der Waals surface area contributed by atoms with Gasteiger partial charge < -0.3 is 21.1 Å². The van der Waals surface area contributed by atoms with Gasteiger partial charge in [-0.3, -0.25) is 27.9 Å². The van der Waals surface area contributed by atoms with E-state index in [9.17, 15) is 42.9 Å². The Labute approximate surface area is 358 Å². The van der Waals surface area contributed by atoms with E-state index in [0.717, 1.165) is 91.1 Å². The fourth-order valence-electron chi connectivity index (χ4n) is 7.15. The van der Waals surface area contributed by atoms with Crippen molar-refractivity contribution >= 4 is 33.9 Å². The van der Waals surface area contributed by atoms with E-state index in [2.05, 4.69) is 42.3 Å². The van der Waals surface area contributed by atoms with Crippen LogP contribution in [0, 0.1) is 10.8 Å². The molecule has 6 N–H and O–H groups in total. The number of carboxylic acid groups (broad SMARTS) is 2. The molecule has 0 radical (unpaired) electrons. The van der Waals surface area contributed by atoms with E-state index < -0.39 is 63.3 Å². The molecule has 0 fully saturated rings. The Morgan fingerprint density at radius 2 is 0.864 bits per heavy atom. The zero-order chi connectivity index (χ0) is 45.1. The Bertz CT molecular complexity index is 1300. The molecule has 0 amide bonds. The topological polar surface area (TPSA) is 219 Å². The predicted molar refractivity (Wildman–Crippen MR) is 238 cm³/mol. The van der Waals surface area contributed by atoms with Gasteiger partial charge in [-0.15, -0.1) is 0 Å². The van der Waals surface area contributed by atoms with Crippen molar-refractivity contribution in [2.75, 3.05) is 13.7 Å². The number of ketones is 2. The minimum absolute atomic E-state index is 0.00570. The minimum Gasteiger partial charge on any atom is -0.481 e. The summed E-state index contributed by atoms with van der Waals surface area (Å²) in [5.41, 5.74) is -0.957. The number of nitrogens with two attached hydrogens (primary N) is 1. The molecule has 3 unspecified atom stereocenters. The van der Waals surface area contributed by atoms with E-state index in [-0.39, 0.29) is 12.8 Å². The van der Waals surface area contributed by atoms with Gasteiger partial charge in [0, 0.05) is 25.8 Å². The van der Waals surface area contributed by atoms with Gasteiger partial charge >= 0.3 is 22.3 Å². The molecular formula is C46H85NO11S. The standard InChI is InChI=1S/C45H81NO7.CH4O4S/c1-5-7-9-11-13-15-17-19-21-23-25-27-29-31-33-35-39(47)43(3,41(49)50)37-45(53,38-46)44(4,42(51)52)40(48)36-34-32-30-28-26-24-22-20-18-16-14-12-10-8-6-2;1-5-6(2,3)4/h19-22,53H,5-18,23-38,46H2,1-4H3,(H,49,50)(H,51,52);1H3,(H,2,3,4). The molecule has 59 heavy (non-hydrogen) atoms. The van der Waals surface area contributed by atoms with E-state index >= 15 is 0 Å². The smallest absolute Gasteiger partial charge is 0.397 e. The maximum absolute atomic E-state index is 13.5. The number of aliphatic carboxylic acids is 2. The Morgan fingerprint density at radius 1 is 0.559 bits per heavy atom. The highest BCUT2D eigenvalue weighted by Crippen LogP contribution is 2.43. The van der Waals surface area contributed by atoms with Gasteiger partial charge in [-0.1, -0.05) is 141 Å². The summed E-state index contributed by atoms with van der Waals surface area (Å²) in [6.45, 7) is 6.13. The largest absolute Gasteiger partial charge is 0.481 e. The third-order valence-electron chi connectivity index (χ3n) is 11.5. The van der Waals surface area contributed by atoms with E-state index in [1.807, 2.05) is 0 Å². The molecular weight excluding hydrogens is 775 g/mol. The number of aliphatic hydroxyl groups is 1. The molecule has 0 aliphatic heterocycles. The number of carbonyl (C=O) groups is 4. The van der Waals surface area contributed by atoms with Gasteiger partial charge in [0.25, 0.3) is 0 Å². The highest BCUT2D eigenvalue weighted by molar-refractivity contribution is 7.80. The molecule has 0 aliphatic carbocycles. The molecule has 0 heterocycles. The van der Waals surface area contributed by atoms with E-state index in [0.29, 0.717) is 12.8 Å². The van der Waals surface area contributed by atoms with Crippen molar-refractivity contribution in [3.63, 3.8) is 0 Å². The Hall–Kier alpha value is -2.45. The maximum atomic E-state index is 13.5. The number of Topliss-reactive ketones (excluding diaryl/α,β-unsaturated/α-hetero) is 2. The summed E-state index contributed by atoms with van der Waals surface area (Å²) in [6, 6.07) is 0. The summed E-state index contributed by atoms with van der Waals surface area (Å²) in [5.74, 6) is -4.32. The number of carbonyl (C=O) groups excluding carboxylic acids is 2. The summed E-state index contributed by atoms with van der Waals surface area (Å²) >= 11 is 0. The lowest BCUT2D eigenvalue weighted by atomic mass is 9.61. The lowest BCUT2D eigenvalue weighted by molar-refractivity contribution is -0.182. The van der Waals surface area contributed by atoms with E-state index in [4.69, 9.17) is 10.3 Å². The second kappa shape index (κ2) is 35.2. The molecule has 346 valence electrons. The molecule has 0 spiro atoms. The van der Waals surface area contributed by atoms with Gasteiger partial charge in [-0.25, -0.2) is 0 Å². The van der Waals surface area contributed by atoms with Crippen molar-refractivity contribution in [3.8, 4) is 0 Å². The first kappa shape index (κ1) is 58.6. The summed E-state index contributed by atoms with van der Waals surface area (Å²) in [5, 5.41) is 32.1. The van der Waals surface area contributed by atoms with Crippen molar-refractivity contribution in [1.82, 2.24) is 0 Å². The van der Waals surface area contributed by atoms with Gasteiger partial charge in [-0.05, 0) is 78.1 Å². The maximum Gasteiger partial charge on any atom is 0.397 e. The Kier molecular flexibility index (Phi) is 35.0. The zero-order valence-electron chi connectivity index (χ0n) is 37.7. The first-order valence-electron chi connectivity index (χ1n) is 22.7. The van der Waals surface area contributed by atoms with Crippen molar-refractivity contribution in [1.29, 1.82) is 0 Å². The summed E-state index contributed by atoms with van der Waals surface area (Å²) in [4.78, 5) is 51.9. The number of carboxylic acids is 2. The van der Waals surface area contributed by atoms with Crippen molar-refractivity contribution in [3.05, 3.63) is 24.3 Å². The van der Waals surface area contributed by atoms with Crippen LogP contribution in [0.1, 0.15) is 214 Å². The Morgan fingerprint density at radius 3 is 1.15 bits per heavy atom. The van der Waals surface area contributed by atoms with Crippen LogP contribution >= 0.6 is 0 Å². The summed E-state index contributed by atoms with van der Waals surface area (Å²) < 4.78 is 29.7. The molecule has 0 rings (SSSR count). The van der Waals surface area contributed by atoms with Crippen LogP contribution < -0.4 is 5.73 Å². The Balaban J connectivity index is 0. The average Bonchev–Trinajstić information content (AvgIpc) is 3.19. The first-order valence-corrected chi connectivity index (χ1v) is 24.1. The molecule has 0 aromatic carbocycles. The van der Waals surface area contributed by atoms with Crippen LogP contribution in [0.4, 0.5) is 0 Å². The third-order valence-corrected chi connectivity index (χ3v) is 12.0. The fraction of sp³-hybridized carbons (Fsp3) is 0.826. The molecule has 0 saturated carbocycles. The molecule has 13 heteroatoms. The molecule has 0 saturated heterocycles. The van der Waals surface area contributed by atoms with Crippen LogP contribution in [-0.2, 0) is 33.8 Å². The van der Waals surface area contributed by atoms with Crippen LogP contribution in [0.2, 0.25) is 0 Å². The normalized spacial score (nSPS) is 15.0. The molecule has 0 aromatic heterocycles.